The zero-order valence-corrected chi connectivity index (χ0v) is 12.6. The maximum Gasteiger partial charge on any atom is 0.306 e. The number of ether oxygens (including phenoxy) is 1. The van der Waals surface area contributed by atoms with Crippen LogP contribution < -0.4 is 5.73 Å². The lowest BCUT2D eigenvalue weighted by atomic mass is 9.99. The summed E-state index contributed by atoms with van der Waals surface area (Å²) in [6, 6.07) is 0. The van der Waals surface area contributed by atoms with E-state index >= 15 is 0 Å². The molecule has 8 nitrogen and oxygen atoms in total. The lowest BCUT2D eigenvalue weighted by Gasteiger charge is -2.33. The van der Waals surface area contributed by atoms with Crippen molar-refractivity contribution in [1.82, 2.24) is 8.61 Å². The van der Waals surface area contributed by atoms with Crippen molar-refractivity contribution in [2.45, 2.75) is 19.3 Å². The van der Waals surface area contributed by atoms with Gasteiger partial charge >= 0.3 is 5.97 Å². The molecule has 20 heavy (non-hydrogen) atoms. The van der Waals surface area contributed by atoms with Crippen molar-refractivity contribution in [3.8, 4) is 0 Å². The second-order valence-electron chi connectivity index (χ2n) is 4.75. The molecule has 0 spiro atoms. The number of methoxy groups -OCH3 is 1. The number of hydrogen-bond acceptors (Lipinski definition) is 5. The molecule has 1 unspecified atom stereocenters. The van der Waals surface area contributed by atoms with Crippen LogP contribution in [0.1, 0.15) is 19.3 Å². The minimum atomic E-state index is -3.68. The molecule has 0 aromatic rings. The molecule has 1 amide bonds. The van der Waals surface area contributed by atoms with Crippen LogP contribution in [-0.2, 0) is 24.5 Å². The summed E-state index contributed by atoms with van der Waals surface area (Å²) in [5, 5.41) is 0. The molecule has 0 bridgehead atoms. The van der Waals surface area contributed by atoms with Gasteiger partial charge in [0.25, 0.3) is 10.2 Å². The fourth-order valence-corrected chi connectivity index (χ4v) is 3.49. The van der Waals surface area contributed by atoms with Gasteiger partial charge in [0.2, 0.25) is 5.91 Å². The van der Waals surface area contributed by atoms with E-state index < -0.39 is 28.0 Å². The van der Waals surface area contributed by atoms with E-state index in [1.165, 1.54) is 18.5 Å². The largest absolute Gasteiger partial charge is 0.469 e. The van der Waals surface area contributed by atoms with E-state index in [0.29, 0.717) is 19.4 Å². The SMILES string of the molecule is COC(=O)CCN(C)S(=O)(=O)N1CCCC(C(N)=O)C1. The van der Waals surface area contributed by atoms with Crippen molar-refractivity contribution in [3.05, 3.63) is 0 Å². The molecular weight excluding hydrogens is 286 g/mol. The number of carbonyl (C=O) groups is 2. The van der Waals surface area contributed by atoms with Crippen molar-refractivity contribution < 1.29 is 22.7 Å². The van der Waals surface area contributed by atoms with Crippen LogP contribution in [0.25, 0.3) is 0 Å². The Kier molecular flexibility index (Phi) is 5.90. The highest BCUT2D eigenvalue weighted by Gasteiger charge is 2.33. The third kappa shape index (κ3) is 4.15. The van der Waals surface area contributed by atoms with Gasteiger partial charge in [-0.3, -0.25) is 9.59 Å². The number of esters is 1. The second-order valence-corrected chi connectivity index (χ2v) is 6.79. The van der Waals surface area contributed by atoms with E-state index in [0.717, 1.165) is 4.31 Å². The van der Waals surface area contributed by atoms with Gasteiger partial charge in [0.15, 0.2) is 0 Å². The van der Waals surface area contributed by atoms with E-state index in [1.807, 2.05) is 0 Å². The van der Waals surface area contributed by atoms with Crippen LogP contribution in [-0.4, -0.2) is 62.7 Å². The van der Waals surface area contributed by atoms with Crippen LogP contribution in [0, 0.1) is 5.92 Å². The van der Waals surface area contributed by atoms with Gasteiger partial charge in [-0.05, 0) is 12.8 Å². The first-order chi connectivity index (χ1) is 9.28. The van der Waals surface area contributed by atoms with Gasteiger partial charge in [0.1, 0.15) is 0 Å². The molecule has 1 heterocycles. The number of amides is 1. The van der Waals surface area contributed by atoms with Gasteiger partial charge < -0.3 is 10.5 Å². The van der Waals surface area contributed by atoms with E-state index in [4.69, 9.17) is 5.73 Å². The highest BCUT2D eigenvalue weighted by atomic mass is 32.2. The molecule has 0 radical (unpaired) electrons. The van der Waals surface area contributed by atoms with Crippen LogP contribution in [0.3, 0.4) is 0 Å². The summed E-state index contributed by atoms with van der Waals surface area (Å²) in [4.78, 5) is 22.2. The van der Waals surface area contributed by atoms with Gasteiger partial charge in [-0.25, -0.2) is 0 Å². The quantitative estimate of drug-likeness (QED) is 0.628. The Labute approximate surface area is 119 Å². The van der Waals surface area contributed by atoms with E-state index in [9.17, 15) is 18.0 Å². The summed E-state index contributed by atoms with van der Waals surface area (Å²) < 4.78 is 31.4. The average molecular weight is 307 g/mol. The van der Waals surface area contributed by atoms with Crippen LogP contribution in [0.4, 0.5) is 0 Å². The van der Waals surface area contributed by atoms with Crippen molar-refractivity contribution in [1.29, 1.82) is 0 Å². The Morgan fingerprint density at radius 3 is 2.65 bits per heavy atom. The lowest BCUT2D eigenvalue weighted by molar-refractivity contribution is -0.140. The number of piperidine rings is 1. The molecule has 2 N–H and O–H groups in total. The van der Waals surface area contributed by atoms with E-state index in [1.54, 1.807) is 0 Å². The first-order valence-electron chi connectivity index (χ1n) is 6.36. The zero-order valence-electron chi connectivity index (χ0n) is 11.7. The minimum absolute atomic E-state index is 0.0146. The van der Waals surface area contributed by atoms with Crippen molar-refractivity contribution in [2.75, 3.05) is 33.8 Å². The molecule has 1 fully saturated rings. The van der Waals surface area contributed by atoms with Gasteiger partial charge in [-0.15, -0.1) is 0 Å². The van der Waals surface area contributed by atoms with Crippen molar-refractivity contribution >= 4 is 22.1 Å². The van der Waals surface area contributed by atoms with Gasteiger partial charge in [0.05, 0.1) is 19.4 Å². The fraction of sp³-hybridized carbons (Fsp3) is 0.818. The Bertz CT molecular complexity index is 465. The van der Waals surface area contributed by atoms with Gasteiger partial charge in [-0.1, -0.05) is 0 Å². The van der Waals surface area contributed by atoms with Crippen LogP contribution >= 0.6 is 0 Å². The van der Waals surface area contributed by atoms with Crippen molar-refractivity contribution in [2.24, 2.45) is 11.7 Å². The second kappa shape index (κ2) is 7.00. The molecule has 1 aliphatic rings. The average Bonchev–Trinajstić information content (AvgIpc) is 2.44. The molecule has 0 saturated carbocycles. The first kappa shape index (κ1) is 16.9. The summed E-state index contributed by atoms with van der Waals surface area (Å²) in [6.45, 7) is 0.488. The van der Waals surface area contributed by atoms with Crippen LogP contribution in [0.5, 0.6) is 0 Å². The minimum Gasteiger partial charge on any atom is -0.469 e. The third-order valence-electron chi connectivity index (χ3n) is 3.37. The first-order valence-corrected chi connectivity index (χ1v) is 7.76. The summed E-state index contributed by atoms with van der Waals surface area (Å²) in [5.41, 5.74) is 5.23. The predicted molar refractivity (Wildman–Crippen MR) is 71.7 cm³/mol. The topological polar surface area (TPSA) is 110 Å². The van der Waals surface area contributed by atoms with E-state index in [2.05, 4.69) is 4.74 Å². The molecule has 1 atom stereocenters. The smallest absolute Gasteiger partial charge is 0.306 e. The Morgan fingerprint density at radius 2 is 2.10 bits per heavy atom. The fourth-order valence-electron chi connectivity index (χ4n) is 2.05. The molecule has 1 saturated heterocycles. The monoisotopic (exact) mass is 307 g/mol. The molecular formula is C11H21N3O5S. The summed E-state index contributed by atoms with van der Waals surface area (Å²) in [5.74, 6) is -1.41. The predicted octanol–water partition coefficient (Wildman–Crippen LogP) is -1.08. The van der Waals surface area contributed by atoms with Gasteiger partial charge in [-0.2, -0.15) is 17.0 Å². The molecule has 0 aliphatic carbocycles. The normalized spacial score (nSPS) is 20.9. The molecule has 0 aromatic carbocycles. The maximum absolute atomic E-state index is 12.3. The summed E-state index contributed by atoms with van der Waals surface area (Å²) in [6.07, 6.45) is 1.18. The molecule has 9 heteroatoms. The third-order valence-corrected chi connectivity index (χ3v) is 5.32. The number of nitrogens with zero attached hydrogens (tertiary/aromatic N) is 2. The Balaban J connectivity index is 2.67. The lowest BCUT2D eigenvalue weighted by Crippen LogP contribution is -2.49. The number of primary amides is 1. The van der Waals surface area contributed by atoms with Crippen LogP contribution in [0.2, 0.25) is 0 Å². The Hall–Kier alpha value is -1.19. The number of carbonyl (C=O) groups excluding carboxylic acids is 2. The molecule has 1 aliphatic heterocycles. The summed E-state index contributed by atoms with van der Waals surface area (Å²) >= 11 is 0. The number of hydrogen-bond donors (Lipinski definition) is 1. The highest BCUT2D eigenvalue weighted by Crippen LogP contribution is 2.20. The molecule has 1 rings (SSSR count). The zero-order chi connectivity index (χ0) is 15.3. The standard InChI is InChI=1S/C11H21N3O5S/c1-13(7-5-10(15)19-2)20(17,18)14-6-3-4-9(8-14)11(12)16/h9H,3-8H2,1-2H3,(H2,12,16). The van der Waals surface area contributed by atoms with Crippen molar-refractivity contribution in [3.63, 3.8) is 0 Å². The summed E-state index contributed by atoms with van der Waals surface area (Å²) in [7, 11) is -1.04. The van der Waals surface area contributed by atoms with Gasteiger partial charge in [0, 0.05) is 26.7 Å². The number of nitrogens with two attached hydrogens (primary N) is 1. The number of rotatable bonds is 6. The maximum atomic E-state index is 12.3. The van der Waals surface area contributed by atoms with Crippen LogP contribution in [0.15, 0.2) is 0 Å². The van der Waals surface area contributed by atoms with E-state index in [-0.39, 0.29) is 19.5 Å². The molecule has 116 valence electrons. The Morgan fingerprint density at radius 1 is 1.45 bits per heavy atom. The molecule has 0 aromatic heterocycles. The highest BCUT2D eigenvalue weighted by molar-refractivity contribution is 7.86.